The van der Waals surface area contributed by atoms with Crippen molar-refractivity contribution in [3.05, 3.63) is 65.7 Å². The second-order valence-corrected chi connectivity index (χ2v) is 5.53. The van der Waals surface area contributed by atoms with Crippen molar-refractivity contribution in [1.29, 1.82) is 0 Å². The number of ether oxygens (including phenoxy) is 2. The van der Waals surface area contributed by atoms with Crippen molar-refractivity contribution in [1.82, 2.24) is 0 Å². The monoisotopic (exact) mass is 375 g/mol. The number of hydrogen-bond donors (Lipinski definition) is 1. The molecular formula is C20H19F2NO4. The summed E-state index contributed by atoms with van der Waals surface area (Å²) in [5.74, 6) is -2.42. The molecule has 2 aromatic carbocycles. The van der Waals surface area contributed by atoms with Crippen LogP contribution >= 0.6 is 0 Å². The largest absolute Gasteiger partial charge is 0.494 e. The minimum Gasteiger partial charge on any atom is -0.494 e. The molecule has 0 bridgehead atoms. The number of benzene rings is 2. The van der Waals surface area contributed by atoms with E-state index in [0.29, 0.717) is 12.7 Å². The lowest BCUT2D eigenvalue weighted by Crippen LogP contribution is -2.29. The number of rotatable bonds is 7. The SMILES string of the molecule is CCOc1ccc(/C=C/C(=O)O[C@@H](C)C(=O)Nc2ccc(F)cc2F)cc1. The molecule has 2 aromatic rings. The second kappa shape index (κ2) is 9.47. The summed E-state index contributed by atoms with van der Waals surface area (Å²) in [6, 6.07) is 9.80. The lowest BCUT2D eigenvalue weighted by atomic mass is 10.2. The minimum absolute atomic E-state index is 0.200. The van der Waals surface area contributed by atoms with Crippen LogP contribution in [0.25, 0.3) is 6.08 Å². The Labute approximate surface area is 155 Å². The third kappa shape index (κ3) is 6.22. The molecule has 0 radical (unpaired) electrons. The van der Waals surface area contributed by atoms with E-state index in [2.05, 4.69) is 5.32 Å². The number of anilines is 1. The predicted octanol–water partition coefficient (Wildman–Crippen LogP) is 3.95. The Morgan fingerprint density at radius 1 is 1.15 bits per heavy atom. The lowest BCUT2D eigenvalue weighted by Gasteiger charge is -2.12. The number of hydrogen-bond acceptors (Lipinski definition) is 4. The maximum Gasteiger partial charge on any atom is 0.331 e. The third-order valence-electron chi connectivity index (χ3n) is 3.45. The summed E-state index contributed by atoms with van der Waals surface area (Å²) in [5.41, 5.74) is 0.551. The number of esters is 1. The van der Waals surface area contributed by atoms with Gasteiger partial charge in [0.1, 0.15) is 17.4 Å². The Kier molecular flexibility index (Phi) is 7.05. The van der Waals surface area contributed by atoms with E-state index in [1.165, 1.54) is 19.1 Å². The molecule has 0 fully saturated rings. The third-order valence-corrected chi connectivity index (χ3v) is 3.45. The van der Waals surface area contributed by atoms with Crippen LogP contribution in [-0.4, -0.2) is 24.6 Å². The topological polar surface area (TPSA) is 64.6 Å². The van der Waals surface area contributed by atoms with Gasteiger partial charge in [-0.1, -0.05) is 12.1 Å². The Bertz CT molecular complexity index is 834. The quantitative estimate of drug-likeness (QED) is 0.588. The molecule has 5 nitrogen and oxygen atoms in total. The van der Waals surface area contributed by atoms with E-state index >= 15 is 0 Å². The lowest BCUT2D eigenvalue weighted by molar-refractivity contribution is -0.148. The highest BCUT2D eigenvalue weighted by molar-refractivity contribution is 5.96. The predicted molar refractivity (Wildman–Crippen MR) is 97.2 cm³/mol. The van der Waals surface area contributed by atoms with Gasteiger partial charge in [-0.05, 0) is 49.8 Å². The van der Waals surface area contributed by atoms with Crippen molar-refractivity contribution in [2.75, 3.05) is 11.9 Å². The van der Waals surface area contributed by atoms with E-state index in [4.69, 9.17) is 9.47 Å². The van der Waals surface area contributed by atoms with Gasteiger partial charge in [-0.25, -0.2) is 13.6 Å². The molecule has 0 aliphatic heterocycles. The van der Waals surface area contributed by atoms with Gasteiger partial charge in [-0.3, -0.25) is 4.79 Å². The molecule has 0 aromatic heterocycles. The fraction of sp³-hybridized carbons (Fsp3) is 0.200. The van der Waals surface area contributed by atoms with Crippen molar-refractivity contribution in [2.45, 2.75) is 20.0 Å². The number of amides is 1. The van der Waals surface area contributed by atoms with E-state index < -0.39 is 29.6 Å². The number of carbonyl (C=O) groups is 2. The highest BCUT2D eigenvalue weighted by atomic mass is 19.1. The number of carbonyl (C=O) groups excluding carboxylic acids is 2. The molecule has 0 saturated carbocycles. The van der Waals surface area contributed by atoms with Crippen LogP contribution in [-0.2, 0) is 14.3 Å². The Morgan fingerprint density at radius 2 is 1.85 bits per heavy atom. The summed E-state index contributed by atoms with van der Waals surface area (Å²) in [5, 5.41) is 2.24. The first kappa shape index (κ1) is 20.1. The van der Waals surface area contributed by atoms with Gasteiger partial charge in [-0.15, -0.1) is 0 Å². The van der Waals surface area contributed by atoms with Gasteiger partial charge in [0.15, 0.2) is 6.10 Å². The van der Waals surface area contributed by atoms with Gasteiger partial charge in [-0.2, -0.15) is 0 Å². The normalized spacial score (nSPS) is 11.9. The average Bonchev–Trinajstić information content (AvgIpc) is 2.63. The van der Waals surface area contributed by atoms with Crippen molar-refractivity contribution < 1.29 is 27.8 Å². The van der Waals surface area contributed by atoms with Crippen LogP contribution in [0.1, 0.15) is 19.4 Å². The van der Waals surface area contributed by atoms with Crippen LogP contribution in [0.3, 0.4) is 0 Å². The second-order valence-electron chi connectivity index (χ2n) is 5.53. The summed E-state index contributed by atoms with van der Waals surface area (Å²) in [6.45, 7) is 3.79. The first-order valence-electron chi connectivity index (χ1n) is 8.26. The van der Waals surface area contributed by atoms with Crippen LogP contribution in [0.15, 0.2) is 48.5 Å². The highest BCUT2D eigenvalue weighted by Gasteiger charge is 2.18. The Hall–Kier alpha value is -3.22. The fourth-order valence-electron chi connectivity index (χ4n) is 2.10. The van der Waals surface area contributed by atoms with E-state index in [1.54, 1.807) is 24.3 Å². The summed E-state index contributed by atoms with van der Waals surface area (Å²) in [4.78, 5) is 23.8. The molecule has 7 heteroatoms. The summed E-state index contributed by atoms with van der Waals surface area (Å²) in [7, 11) is 0. The van der Waals surface area contributed by atoms with Crippen LogP contribution in [0, 0.1) is 11.6 Å². The zero-order valence-electron chi connectivity index (χ0n) is 14.9. The Morgan fingerprint density at radius 3 is 2.48 bits per heavy atom. The van der Waals surface area contributed by atoms with Gasteiger partial charge < -0.3 is 14.8 Å². The molecular weight excluding hydrogens is 356 g/mol. The summed E-state index contributed by atoms with van der Waals surface area (Å²) < 4.78 is 36.7. The molecule has 0 saturated heterocycles. The smallest absolute Gasteiger partial charge is 0.331 e. The molecule has 0 heterocycles. The summed E-state index contributed by atoms with van der Waals surface area (Å²) >= 11 is 0. The van der Waals surface area contributed by atoms with Crippen molar-refractivity contribution in [3.63, 3.8) is 0 Å². The van der Waals surface area contributed by atoms with Crippen LogP contribution in [0.2, 0.25) is 0 Å². The van der Waals surface area contributed by atoms with Crippen molar-refractivity contribution >= 4 is 23.6 Å². The summed E-state index contributed by atoms with van der Waals surface area (Å²) in [6.07, 6.45) is 1.55. The molecule has 0 spiro atoms. The first-order valence-corrected chi connectivity index (χ1v) is 8.26. The maximum absolute atomic E-state index is 13.5. The average molecular weight is 375 g/mol. The molecule has 0 aliphatic carbocycles. The van der Waals surface area contributed by atoms with Gasteiger partial charge in [0.2, 0.25) is 0 Å². The van der Waals surface area contributed by atoms with Crippen LogP contribution < -0.4 is 10.1 Å². The van der Waals surface area contributed by atoms with Gasteiger partial charge in [0, 0.05) is 12.1 Å². The van der Waals surface area contributed by atoms with Crippen molar-refractivity contribution in [3.8, 4) is 5.75 Å². The molecule has 142 valence electrons. The van der Waals surface area contributed by atoms with E-state index in [9.17, 15) is 18.4 Å². The molecule has 1 N–H and O–H groups in total. The molecule has 2 rings (SSSR count). The molecule has 1 amide bonds. The van der Waals surface area contributed by atoms with Crippen LogP contribution in [0.5, 0.6) is 5.75 Å². The van der Waals surface area contributed by atoms with Crippen LogP contribution in [0.4, 0.5) is 14.5 Å². The first-order chi connectivity index (χ1) is 12.9. The van der Waals surface area contributed by atoms with E-state index in [0.717, 1.165) is 23.4 Å². The highest BCUT2D eigenvalue weighted by Crippen LogP contribution is 2.16. The molecule has 1 atom stereocenters. The molecule has 27 heavy (non-hydrogen) atoms. The molecule has 0 aliphatic rings. The number of nitrogens with one attached hydrogen (secondary N) is 1. The van der Waals surface area contributed by atoms with Gasteiger partial charge in [0.25, 0.3) is 5.91 Å². The molecule has 0 unspecified atom stereocenters. The van der Waals surface area contributed by atoms with Crippen molar-refractivity contribution in [2.24, 2.45) is 0 Å². The zero-order valence-corrected chi connectivity index (χ0v) is 14.9. The maximum atomic E-state index is 13.5. The Balaban J connectivity index is 1.89. The zero-order chi connectivity index (χ0) is 19.8. The minimum atomic E-state index is -1.16. The fourth-order valence-corrected chi connectivity index (χ4v) is 2.10. The van der Waals surface area contributed by atoms with Gasteiger partial charge in [0.05, 0.1) is 12.3 Å². The van der Waals surface area contributed by atoms with E-state index in [1.807, 2.05) is 6.92 Å². The standard InChI is InChI=1S/C20H19F2NO4/c1-3-26-16-8-4-14(5-9-16)6-11-19(24)27-13(2)20(25)23-18-10-7-15(21)12-17(18)22/h4-13H,3H2,1-2H3,(H,23,25)/b11-6+/t13-/m0/s1. The van der Waals surface area contributed by atoms with E-state index in [-0.39, 0.29) is 5.69 Å². The number of halogens is 2. The van der Waals surface area contributed by atoms with Gasteiger partial charge >= 0.3 is 5.97 Å².